The van der Waals surface area contributed by atoms with Gasteiger partial charge in [0.2, 0.25) is 17.8 Å². The van der Waals surface area contributed by atoms with Crippen molar-refractivity contribution in [1.82, 2.24) is 25.1 Å². The zero-order chi connectivity index (χ0) is 19.8. The molecule has 0 spiro atoms. The fourth-order valence-corrected chi connectivity index (χ4v) is 2.92. The van der Waals surface area contributed by atoms with Crippen LogP contribution in [0.1, 0.15) is 43.0 Å². The molecule has 0 amide bonds. The molecule has 4 N–H and O–H groups in total. The highest BCUT2D eigenvalue weighted by atomic mass is 19.1. The van der Waals surface area contributed by atoms with E-state index in [1.165, 1.54) is 12.1 Å². The van der Waals surface area contributed by atoms with Crippen molar-refractivity contribution in [2.75, 3.05) is 23.0 Å². The highest BCUT2D eigenvalue weighted by molar-refractivity contribution is 5.55. The number of benzene rings is 1. The Bertz CT molecular complexity index is 1000. The van der Waals surface area contributed by atoms with Crippen LogP contribution in [0.25, 0.3) is 0 Å². The Morgan fingerprint density at radius 3 is 2.71 bits per heavy atom. The maximum atomic E-state index is 14.0. The summed E-state index contributed by atoms with van der Waals surface area (Å²) in [5, 5.41) is 10.3. The average Bonchev–Trinajstić information content (AvgIpc) is 3.37. The summed E-state index contributed by atoms with van der Waals surface area (Å²) in [6, 6.07) is 4.87. The fourth-order valence-electron chi connectivity index (χ4n) is 2.92. The van der Waals surface area contributed by atoms with Gasteiger partial charge in [0.15, 0.2) is 5.82 Å². The van der Waals surface area contributed by atoms with Gasteiger partial charge >= 0.3 is 0 Å². The Balaban J connectivity index is 1.55. The Hall–Kier alpha value is -3.30. The van der Waals surface area contributed by atoms with Gasteiger partial charge in [-0.1, -0.05) is 6.07 Å². The van der Waals surface area contributed by atoms with Crippen molar-refractivity contribution in [3.05, 3.63) is 47.2 Å². The van der Waals surface area contributed by atoms with Crippen LogP contribution in [0.15, 0.2) is 24.3 Å². The van der Waals surface area contributed by atoms with E-state index in [0.29, 0.717) is 17.7 Å². The lowest BCUT2D eigenvalue weighted by Crippen LogP contribution is -2.18. The maximum absolute atomic E-state index is 14.0. The van der Waals surface area contributed by atoms with Crippen molar-refractivity contribution >= 4 is 23.7 Å². The SMILES string of the molecule is CC(Nc1nc(N)nc(N(C)c2cc(C3CC3)[nH]n2)n1)c1ccc(F)cc1F. The highest BCUT2D eigenvalue weighted by Gasteiger charge is 2.26. The second-order valence-corrected chi connectivity index (χ2v) is 6.86. The first kappa shape index (κ1) is 18.1. The van der Waals surface area contributed by atoms with E-state index in [9.17, 15) is 8.78 Å². The molecule has 3 aromatic rings. The number of aromatic nitrogens is 5. The summed E-state index contributed by atoms with van der Waals surface area (Å²) in [6.07, 6.45) is 2.33. The third kappa shape index (κ3) is 3.71. The quantitative estimate of drug-likeness (QED) is 0.596. The molecule has 1 fully saturated rings. The van der Waals surface area contributed by atoms with E-state index in [1.807, 2.05) is 6.07 Å². The molecule has 146 valence electrons. The summed E-state index contributed by atoms with van der Waals surface area (Å²) in [5.41, 5.74) is 7.20. The van der Waals surface area contributed by atoms with E-state index in [0.717, 1.165) is 24.6 Å². The molecule has 0 saturated heterocycles. The van der Waals surface area contributed by atoms with Crippen LogP contribution in [0, 0.1) is 11.6 Å². The summed E-state index contributed by atoms with van der Waals surface area (Å²) in [6.45, 7) is 1.72. The minimum absolute atomic E-state index is 0.0177. The Morgan fingerprint density at radius 2 is 2.00 bits per heavy atom. The first-order valence-electron chi connectivity index (χ1n) is 8.93. The molecule has 1 saturated carbocycles. The smallest absolute Gasteiger partial charge is 0.237 e. The Kier molecular flexibility index (Phi) is 4.54. The number of nitrogens with two attached hydrogens (primary N) is 1. The van der Waals surface area contributed by atoms with Gasteiger partial charge in [-0.05, 0) is 25.8 Å². The lowest BCUT2D eigenvalue weighted by atomic mass is 10.1. The summed E-state index contributed by atoms with van der Waals surface area (Å²) in [5.74, 6) is 0.427. The molecule has 0 bridgehead atoms. The van der Waals surface area contributed by atoms with E-state index in [-0.39, 0.29) is 17.5 Å². The first-order chi connectivity index (χ1) is 13.4. The van der Waals surface area contributed by atoms with Crippen molar-refractivity contribution in [2.24, 2.45) is 0 Å². The Morgan fingerprint density at radius 1 is 1.21 bits per heavy atom. The van der Waals surface area contributed by atoms with Crippen LogP contribution >= 0.6 is 0 Å². The molecule has 0 radical (unpaired) electrons. The van der Waals surface area contributed by atoms with Crippen molar-refractivity contribution in [1.29, 1.82) is 0 Å². The molecule has 2 aromatic heterocycles. The minimum Gasteiger partial charge on any atom is -0.368 e. The van der Waals surface area contributed by atoms with Crippen LogP contribution < -0.4 is 16.0 Å². The van der Waals surface area contributed by atoms with Crippen LogP contribution in [-0.2, 0) is 0 Å². The molecule has 8 nitrogen and oxygen atoms in total. The number of anilines is 4. The van der Waals surface area contributed by atoms with Crippen LogP contribution in [0.2, 0.25) is 0 Å². The van der Waals surface area contributed by atoms with Crippen LogP contribution in [0.3, 0.4) is 0 Å². The van der Waals surface area contributed by atoms with Gasteiger partial charge in [-0.2, -0.15) is 20.1 Å². The van der Waals surface area contributed by atoms with Crippen molar-refractivity contribution in [3.63, 3.8) is 0 Å². The first-order valence-corrected chi connectivity index (χ1v) is 8.93. The van der Waals surface area contributed by atoms with E-state index in [4.69, 9.17) is 5.73 Å². The highest BCUT2D eigenvalue weighted by Crippen LogP contribution is 2.40. The van der Waals surface area contributed by atoms with E-state index >= 15 is 0 Å². The molecule has 1 aromatic carbocycles. The van der Waals surface area contributed by atoms with Crippen molar-refractivity contribution < 1.29 is 8.78 Å². The lowest BCUT2D eigenvalue weighted by molar-refractivity contribution is 0.566. The normalized spacial score (nSPS) is 14.7. The number of aromatic amines is 1. The van der Waals surface area contributed by atoms with Gasteiger partial charge in [0.05, 0.1) is 6.04 Å². The number of rotatable bonds is 6. The summed E-state index contributed by atoms with van der Waals surface area (Å²) in [4.78, 5) is 14.3. The van der Waals surface area contributed by atoms with Gasteiger partial charge in [-0.15, -0.1) is 0 Å². The molecule has 0 aliphatic heterocycles. The number of H-pyrrole nitrogens is 1. The molecule has 2 heterocycles. The molecular weight excluding hydrogens is 366 g/mol. The largest absolute Gasteiger partial charge is 0.368 e. The molecule has 1 unspecified atom stereocenters. The number of hydrogen-bond donors (Lipinski definition) is 3. The molecule has 10 heteroatoms. The van der Waals surface area contributed by atoms with Gasteiger partial charge < -0.3 is 11.1 Å². The van der Waals surface area contributed by atoms with Crippen LogP contribution in [-0.4, -0.2) is 32.2 Å². The molecule has 28 heavy (non-hydrogen) atoms. The van der Waals surface area contributed by atoms with E-state index in [1.54, 1.807) is 18.9 Å². The zero-order valence-electron chi connectivity index (χ0n) is 15.4. The van der Waals surface area contributed by atoms with Gasteiger partial charge in [0, 0.05) is 36.4 Å². The molecule has 1 aliphatic rings. The van der Waals surface area contributed by atoms with E-state index < -0.39 is 17.7 Å². The standard InChI is InChI=1S/C18H20F2N8/c1-9(12-6-5-11(19)7-13(12)20)22-17-23-16(21)24-18(25-17)28(2)15-8-14(26-27-15)10-3-4-10/h5-10H,3-4H2,1-2H3,(H,26,27)(H3,21,22,23,24,25). The predicted octanol–water partition coefficient (Wildman–Crippen LogP) is 3.27. The topological polar surface area (TPSA) is 109 Å². The summed E-state index contributed by atoms with van der Waals surface area (Å²) < 4.78 is 27.1. The number of hydrogen-bond acceptors (Lipinski definition) is 7. The van der Waals surface area contributed by atoms with Crippen molar-refractivity contribution in [2.45, 2.75) is 31.7 Å². The molecule has 1 atom stereocenters. The average molecular weight is 386 g/mol. The minimum atomic E-state index is -0.650. The molecular formula is C18H20F2N8. The monoisotopic (exact) mass is 386 g/mol. The second kappa shape index (κ2) is 7.02. The predicted molar refractivity (Wildman–Crippen MR) is 101 cm³/mol. The number of nitrogens with one attached hydrogen (secondary N) is 2. The van der Waals surface area contributed by atoms with Crippen LogP contribution in [0.5, 0.6) is 0 Å². The summed E-state index contributed by atoms with van der Waals surface area (Å²) >= 11 is 0. The third-order valence-corrected chi connectivity index (χ3v) is 4.66. The maximum Gasteiger partial charge on any atom is 0.237 e. The molecule has 1 aliphatic carbocycles. The number of halogens is 2. The van der Waals surface area contributed by atoms with Gasteiger partial charge in [0.25, 0.3) is 0 Å². The van der Waals surface area contributed by atoms with Crippen LogP contribution in [0.4, 0.5) is 32.4 Å². The fraction of sp³-hybridized carbons (Fsp3) is 0.333. The van der Waals surface area contributed by atoms with Gasteiger partial charge in [-0.25, -0.2) is 8.78 Å². The van der Waals surface area contributed by atoms with Gasteiger partial charge in [0.1, 0.15) is 11.6 Å². The van der Waals surface area contributed by atoms with Crippen molar-refractivity contribution in [3.8, 4) is 0 Å². The lowest BCUT2D eigenvalue weighted by Gasteiger charge is -2.18. The van der Waals surface area contributed by atoms with E-state index in [2.05, 4.69) is 30.5 Å². The summed E-state index contributed by atoms with van der Waals surface area (Å²) in [7, 11) is 1.77. The second-order valence-electron chi connectivity index (χ2n) is 6.86. The number of nitrogens with zero attached hydrogens (tertiary/aromatic N) is 5. The third-order valence-electron chi connectivity index (χ3n) is 4.66. The Labute approximate surface area is 160 Å². The number of nitrogen functional groups attached to an aromatic ring is 1. The zero-order valence-corrected chi connectivity index (χ0v) is 15.4. The molecule has 4 rings (SSSR count). The van der Waals surface area contributed by atoms with Gasteiger partial charge in [-0.3, -0.25) is 10.00 Å².